The number of piperidine rings is 1. The molecule has 0 saturated carbocycles. The number of furan rings is 1. The summed E-state index contributed by atoms with van der Waals surface area (Å²) in [4.78, 5) is 27.2. The molecule has 30 heavy (non-hydrogen) atoms. The van der Waals surface area contributed by atoms with Gasteiger partial charge >= 0.3 is 0 Å². The van der Waals surface area contributed by atoms with Crippen LogP contribution in [0.15, 0.2) is 34.9 Å². The maximum Gasteiger partial charge on any atom is 0.287 e. The van der Waals surface area contributed by atoms with E-state index in [0.29, 0.717) is 36.2 Å². The van der Waals surface area contributed by atoms with E-state index in [1.807, 2.05) is 26.0 Å². The Morgan fingerprint density at radius 2 is 1.83 bits per heavy atom. The summed E-state index contributed by atoms with van der Waals surface area (Å²) >= 11 is 0. The zero-order chi connectivity index (χ0) is 21.1. The van der Waals surface area contributed by atoms with Crippen LogP contribution < -0.4 is 20.1 Å². The third kappa shape index (κ3) is 4.43. The van der Waals surface area contributed by atoms with Crippen molar-refractivity contribution in [1.82, 2.24) is 10.2 Å². The van der Waals surface area contributed by atoms with Crippen molar-refractivity contribution >= 4 is 17.5 Å². The molecule has 2 N–H and O–H groups in total. The number of aryl methyl sites for hydroxylation is 1. The number of fused-ring (bicyclic) bond motifs is 1. The molecule has 1 aromatic carbocycles. The summed E-state index contributed by atoms with van der Waals surface area (Å²) in [5.41, 5.74) is 1.52. The number of anilines is 1. The number of hydrogen-bond acceptors (Lipinski definition) is 6. The van der Waals surface area contributed by atoms with Crippen LogP contribution in [0.25, 0.3) is 0 Å². The summed E-state index contributed by atoms with van der Waals surface area (Å²) in [5, 5.41) is 5.99. The number of benzene rings is 1. The molecule has 1 aromatic heterocycles. The van der Waals surface area contributed by atoms with E-state index in [4.69, 9.17) is 13.9 Å². The van der Waals surface area contributed by atoms with Crippen LogP contribution in [0.1, 0.15) is 35.9 Å². The highest BCUT2D eigenvalue weighted by molar-refractivity contribution is 5.95. The third-order valence-corrected chi connectivity index (χ3v) is 5.67. The molecule has 8 nitrogen and oxygen atoms in total. The number of carbonyl (C=O) groups is 2. The largest absolute Gasteiger partial charge is 0.486 e. The molecule has 2 amide bonds. The first-order valence-electron chi connectivity index (χ1n) is 10.3. The molecule has 0 aliphatic carbocycles. The third-order valence-electron chi connectivity index (χ3n) is 5.67. The molecule has 1 fully saturated rings. The van der Waals surface area contributed by atoms with E-state index >= 15 is 0 Å². The molecule has 160 valence electrons. The van der Waals surface area contributed by atoms with Crippen LogP contribution in [0.2, 0.25) is 0 Å². The maximum atomic E-state index is 12.7. The maximum absolute atomic E-state index is 12.7. The Morgan fingerprint density at radius 1 is 1.10 bits per heavy atom. The minimum Gasteiger partial charge on any atom is -0.486 e. The van der Waals surface area contributed by atoms with Crippen molar-refractivity contribution in [2.45, 2.75) is 38.8 Å². The Kier molecular flexibility index (Phi) is 5.94. The number of ether oxygens (including phenoxy) is 2. The van der Waals surface area contributed by atoms with Crippen LogP contribution in [0.5, 0.6) is 11.5 Å². The molecule has 2 aliphatic rings. The van der Waals surface area contributed by atoms with Gasteiger partial charge in [0.25, 0.3) is 5.91 Å². The van der Waals surface area contributed by atoms with Crippen LogP contribution in [0.4, 0.5) is 5.69 Å². The number of likely N-dealkylation sites (tertiary alicyclic amines) is 1. The van der Waals surface area contributed by atoms with Gasteiger partial charge in [0, 0.05) is 36.4 Å². The van der Waals surface area contributed by atoms with E-state index < -0.39 is 0 Å². The van der Waals surface area contributed by atoms with Crippen molar-refractivity contribution in [3.63, 3.8) is 0 Å². The first kappa shape index (κ1) is 20.3. The topological polar surface area (TPSA) is 93.0 Å². The fourth-order valence-electron chi connectivity index (χ4n) is 3.82. The van der Waals surface area contributed by atoms with Crippen LogP contribution in [0, 0.1) is 6.92 Å². The molecule has 0 bridgehead atoms. The lowest BCUT2D eigenvalue weighted by molar-refractivity contribution is -0.121. The second-order valence-corrected chi connectivity index (χ2v) is 7.74. The predicted molar refractivity (Wildman–Crippen MR) is 111 cm³/mol. The second-order valence-electron chi connectivity index (χ2n) is 7.74. The minimum absolute atomic E-state index is 0.0691. The van der Waals surface area contributed by atoms with Gasteiger partial charge in [-0.2, -0.15) is 0 Å². The normalized spacial score (nSPS) is 17.9. The summed E-state index contributed by atoms with van der Waals surface area (Å²) in [6.07, 6.45) is 3.09. The van der Waals surface area contributed by atoms with Crippen molar-refractivity contribution in [3.8, 4) is 11.5 Å². The fourth-order valence-corrected chi connectivity index (χ4v) is 3.82. The van der Waals surface area contributed by atoms with E-state index in [9.17, 15) is 9.59 Å². The lowest BCUT2D eigenvalue weighted by atomic mass is 10.0. The molecular formula is C22H27N3O5. The van der Waals surface area contributed by atoms with Crippen molar-refractivity contribution in [3.05, 3.63) is 41.9 Å². The lowest BCUT2D eigenvalue weighted by Crippen LogP contribution is -2.50. The Labute approximate surface area is 175 Å². The first-order chi connectivity index (χ1) is 14.5. The van der Waals surface area contributed by atoms with Gasteiger partial charge in [0.15, 0.2) is 17.3 Å². The fraction of sp³-hybridized carbons (Fsp3) is 0.455. The molecule has 0 radical (unpaired) electrons. The van der Waals surface area contributed by atoms with Gasteiger partial charge in [0.05, 0.1) is 12.3 Å². The highest BCUT2D eigenvalue weighted by atomic mass is 16.6. The van der Waals surface area contributed by atoms with Crippen molar-refractivity contribution < 1.29 is 23.5 Å². The standard InChI is InChI=1S/C22H27N3O5/c1-14-7-10-30-20(14)22(27)23-16-5-8-25(9-6-16)15(2)21(26)24-17-3-4-18-19(13-17)29-12-11-28-18/h3-4,7,10,13,15-16H,5-6,8-9,11-12H2,1-2H3,(H,23,27)(H,24,26). The summed E-state index contributed by atoms with van der Waals surface area (Å²) < 4.78 is 16.3. The average molecular weight is 413 g/mol. The van der Waals surface area contributed by atoms with Crippen LogP contribution >= 0.6 is 0 Å². The molecular weight excluding hydrogens is 386 g/mol. The number of amides is 2. The lowest BCUT2D eigenvalue weighted by Gasteiger charge is -2.35. The Morgan fingerprint density at radius 3 is 2.53 bits per heavy atom. The predicted octanol–water partition coefficient (Wildman–Crippen LogP) is 2.58. The monoisotopic (exact) mass is 413 g/mol. The number of carbonyl (C=O) groups excluding carboxylic acids is 2. The zero-order valence-corrected chi connectivity index (χ0v) is 17.3. The van der Waals surface area contributed by atoms with Crippen LogP contribution in [0.3, 0.4) is 0 Å². The molecule has 2 aromatic rings. The van der Waals surface area contributed by atoms with E-state index in [2.05, 4.69) is 15.5 Å². The van der Waals surface area contributed by atoms with Gasteiger partial charge < -0.3 is 24.5 Å². The number of hydrogen-bond donors (Lipinski definition) is 2. The molecule has 4 rings (SSSR count). The smallest absolute Gasteiger partial charge is 0.287 e. The van der Waals surface area contributed by atoms with E-state index in [-0.39, 0.29) is 23.9 Å². The molecule has 1 saturated heterocycles. The Balaban J connectivity index is 1.27. The number of nitrogens with one attached hydrogen (secondary N) is 2. The van der Waals surface area contributed by atoms with Crippen LogP contribution in [-0.4, -0.2) is 55.1 Å². The van der Waals surface area contributed by atoms with Crippen molar-refractivity contribution in [2.75, 3.05) is 31.6 Å². The van der Waals surface area contributed by atoms with Gasteiger partial charge in [0.1, 0.15) is 13.2 Å². The molecule has 1 unspecified atom stereocenters. The summed E-state index contributed by atoms with van der Waals surface area (Å²) in [6.45, 7) is 6.26. The van der Waals surface area contributed by atoms with Gasteiger partial charge in [-0.1, -0.05) is 0 Å². The van der Waals surface area contributed by atoms with Crippen LogP contribution in [-0.2, 0) is 4.79 Å². The molecule has 3 heterocycles. The average Bonchev–Trinajstić information content (AvgIpc) is 3.19. The minimum atomic E-state index is -0.276. The van der Waals surface area contributed by atoms with Crippen molar-refractivity contribution in [2.24, 2.45) is 0 Å². The highest BCUT2D eigenvalue weighted by Gasteiger charge is 2.28. The summed E-state index contributed by atoms with van der Waals surface area (Å²) in [5.74, 6) is 1.46. The molecule has 0 spiro atoms. The first-order valence-corrected chi connectivity index (χ1v) is 10.3. The molecule has 1 atom stereocenters. The highest BCUT2D eigenvalue weighted by Crippen LogP contribution is 2.32. The van der Waals surface area contributed by atoms with Gasteiger partial charge in [0.2, 0.25) is 5.91 Å². The summed E-state index contributed by atoms with van der Waals surface area (Å²) in [6, 6.07) is 6.99. The Bertz CT molecular complexity index is 917. The Hall–Kier alpha value is -3.00. The van der Waals surface area contributed by atoms with E-state index in [0.717, 1.165) is 31.5 Å². The van der Waals surface area contributed by atoms with Gasteiger partial charge in [-0.15, -0.1) is 0 Å². The van der Waals surface area contributed by atoms with E-state index in [1.165, 1.54) is 6.26 Å². The molecule has 8 heteroatoms. The SMILES string of the molecule is Cc1ccoc1C(=O)NC1CCN(C(C)C(=O)Nc2ccc3c(c2)OCCO3)CC1. The molecule has 2 aliphatic heterocycles. The van der Waals surface area contributed by atoms with Gasteiger partial charge in [-0.25, -0.2) is 0 Å². The number of nitrogens with zero attached hydrogens (tertiary/aromatic N) is 1. The van der Waals surface area contributed by atoms with Crippen molar-refractivity contribution in [1.29, 1.82) is 0 Å². The number of rotatable bonds is 5. The zero-order valence-electron chi connectivity index (χ0n) is 17.3. The quantitative estimate of drug-likeness (QED) is 0.783. The van der Waals surface area contributed by atoms with Gasteiger partial charge in [-0.3, -0.25) is 14.5 Å². The van der Waals surface area contributed by atoms with E-state index in [1.54, 1.807) is 12.1 Å². The second kappa shape index (κ2) is 8.79. The summed E-state index contributed by atoms with van der Waals surface area (Å²) in [7, 11) is 0. The van der Waals surface area contributed by atoms with Gasteiger partial charge in [-0.05, 0) is 44.9 Å².